The van der Waals surface area contributed by atoms with E-state index in [-0.39, 0.29) is 30.9 Å². The van der Waals surface area contributed by atoms with Crippen LogP contribution in [-0.2, 0) is 19.1 Å². The molecule has 6 nitrogen and oxygen atoms in total. The van der Waals surface area contributed by atoms with Crippen molar-refractivity contribution in [2.45, 2.75) is 73.3 Å². The molecule has 0 aromatic rings. The highest BCUT2D eigenvalue weighted by molar-refractivity contribution is 5.86. The van der Waals surface area contributed by atoms with E-state index in [1.54, 1.807) is 11.8 Å². The van der Waals surface area contributed by atoms with Crippen LogP contribution in [0, 0.1) is 5.41 Å². The maximum atomic E-state index is 12.3. The van der Waals surface area contributed by atoms with Gasteiger partial charge in [0.2, 0.25) is 0 Å². The summed E-state index contributed by atoms with van der Waals surface area (Å²) in [7, 11) is 0. The molecule has 1 amide bonds. The fraction of sp³-hybridized carbons (Fsp3) is 0.833. The number of carbonyl (C=O) groups is 3. The average molecular weight is 343 g/mol. The van der Waals surface area contributed by atoms with E-state index in [2.05, 4.69) is 0 Å². The van der Waals surface area contributed by atoms with Crippen molar-refractivity contribution in [1.82, 2.24) is 4.90 Å². The monoisotopic (exact) mass is 343 g/mol. The minimum atomic E-state index is -0.805. The van der Waals surface area contributed by atoms with E-state index in [4.69, 9.17) is 9.47 Å². The van der Waals surface area contributed by atoms with E-state index in [1.165, 1.54) is 6.92 Å². The first-order chi connectivity index (χ1) is 11.1. The molecule has 0 aliphatic carbocycles. The maximum Gasteiger partial charge on any atom is 0.410 e. The Kier molecular flexibility index (Phi) is 9.01. The Hall–Kier alpha value is -1.59. The molecule has 0 aromatic carbocycles. The second-order valence-corrected chi connectivity index (χ2v) is 6.85. The third kappa shape index (κ3) is 6.89. The topological polar surface area (TPSA) is 72.9 Å². The quantitative estimate of drug-likeness (QED) is 0.730. The van der Waals surface area contributed by atoms with Crippen LogP contribution >= 0.6 is 0 Å². The molecule has 1 rings (SSSR count). The van der Waals surface area contributed by atoms with Crippen LogP contribution in [0.4, 0.5) is 4.79 Å². The van der Waals surface area contributed by atoms with Crippen LogP contribution in [0.25, 0.3) is 0 Å². The van der Waals surface area contributed by atoms with Crippen molar-refractivity contribution in [3.8, 4) is 0 Å². The first-order valence-corrected chi connectivity index (χ1v) is 8.74. The molecule has 0 saturated carbocycles. The summed E-state index contributed by atoms with van der Waals surface area (Å²) in [6, 6.07) is 0. The number of hydrogen-bond acceptors (Lipinski definition) is 5. The molecule has 0 radical (unpaired) electrons. The number of nitrogens with zero attached hydrogens (tertiary/aromatic N) is 1. The largest absolute Gasteiger partial charge is 0.466 e. The summed E-state index contributed by atoms with van der Waals surface area (Å²) in [5.41, 5.74) is -1.35. The van der Waals surface area contributed by atoms with E-state index in [1.807, 2.05) is 34.6 Å². The predicted octanol–water partition coefficient (Wildman–Crippen LogP) is 3.57. The fourth-order valence-corrected chi connectivity index (χ4v) is 2.66. The van der Waals surface area contributed by atoms with Gasteiger partial charge in [0, 0.05) is 19.5 Å². The molecule has 6 heteroatoms. The number of likely N-dealkylation sites (tertiary alicyclic amines) is 1. The normalized spacial score (nSPS) is 16.5. The number of amides is 1. The number of piperidine rings is 1. The highest BCUT2D eigenvalue weighted by Crippen LogP contribution is 2.37. The van der Waals surface area contributed by atoms with Crippen molar-refractivity contribution in [3.63, 3.8) is 0 Å². The molecular weight excluding hydrogens is 310 g/mol. The lowest BCUT2D eigenvalue weighted by Gasteiger charge is -2.39. The molecule has 0 N–H and O–H groups in total. The molecule has 0 bridgehead atoms. The summed E-state index contributed by atoms with van der Waals surface area (Å²) in [4.78, 5) is 37.4. The molecule has 24 heavy (non-hydrogen) atoms. The van der Waals surface area contributed by atoms with E-state index < -0.39 is 11.0 Å². The van der Waals surface area contributed by atoms with Gasteiger partial charge in [0.25, 0.3) is 0 Å². The van der Waals surface area contributed by atoms with Crippen LogP contribution in [0.5, 0.6) is 0 Å². The summed E-state index contributed by atoms with van der Waals surface area (Å²) < 4.78 is 10.5. The Morgan fingerprint density at radius 3 is 1.96 bits per heavy atom. The van der Waals surface area contributed by atoms with Crippen molar-refractivity contribution < 1.29 is 23.9 Å². The molecule has 0 spiro atoms. The predicted molar refractivity (Wildman–Crippen MR) is 92.8 cm³/mol. The lowest BCUT2D eigenvalue weighted by molar-refractivity contribution is -0.160. The van der Waals surface area contributed by atoms with Gasteiger partial charge in [-0.05, 0) is 47.5 Å². The highest BCUT2D eigenvalue weighted by Gasteiger charge is 2.44. The van der Waals surface area contributed by atoms with Crippen LogP contribution in [0.3, 0.4) is 0 Å². The molecule has 0 unspecified atom stereocenters. The average Bonchev–Trinajstić information content (AvgIpc) is 2.47. The number of ether oxygens (including phenoxy) is 2. The second-order valence-electron chi connectivity index (χ2n) is 6.85. The molecule has 140 valence electrons. The summed E-state index contributed by atoms with van der Waals surface area (Å²) in [6.45, 7) is 13.7. The smallest absolute Gasteiger partial charge is 0.410 e. The Morgan fingerprint density at radius 2 is 1.58 bits per heavy atom. The van der Waals surface area contributed by atoms with Crippen LogP contribution in [-0.4, -0.2) is 48.0 Å². The number of ketones is 1. The van der Waals surface area contributed by atoms with E-state index in [0.29, 0.717) is 25.9 Å². The van der Waals surface area contributed by atoms with E-state index in [9.17, 15) is 14.4 Å². The van der Waals surface area contributed by atoms with Gasteiger partial charge in [0.05, 0.1) is 12.0 Å². The molecule has 1 heterocycles. The minimum absolute atomic E-state index is 0.0428. The molecule has 0 aromatic heterocycles. The van der Waals surface area contributed by atoms with Gasteiger partial charge in [-0.2, -0.15) is 0 Å². The van der Waals surface area contributed by atoms with Crippen LogP contribution in [0.2, 0.25) is 0 Å². The van der Waals surface area contributed by atoms with Gasteiger partial charge in [-0.1, -0.05) is 13.8 Å². The SMILES string of the molecule is CC.CCOC(=O)C1(CC(C)=O)CCN(C(=O)OC(C)(C)C)CC1. The Bertz CT molecular complexity index is 431. The second kappa shape index (κ2) is 9.64. The molecule has 0 atom stereocenters. The van der Waals surface area contributed by atoms with E-state index in [0.717, 1.165) is 0 Å². The minimum Gasteiger partial charge on any atom is -0.466 e. The maximum absolute atomic E-state index is 12.3. The summed E-state index contributed by atoms with van der Waals surface area (Å²) in [5, 5.41) is 0. The van der Waals surface area contributed by atoms with Crippen molar-refractivity contribution in [1.29, 1.82) is 0 Å². The van der Waals surface area contributed by atoms with Crippen LogP contribution in [0.1, 0.15) is 67.7 Å². The molecule has 1 saturated heterocycles. The van der Waals surface area contributed by atoms with Crippen LogP contribution < -0.4 is 0 Å². The number of Topliss-reactive ketones (excluding diaryl/α,β-unsaturated/α-hetero) is 1. The zero-order chi connectivity index (χ0) is 19.0. The van der Waals surface area contributed by atoms with Gasteiger partial charge >= 0.3 is 12.1 Å². The molecule has 1 aliphatic rings. The summed E-state index contributed by atoms with van der Waals surface area (Å²) in [6.07, 6.45) is 0.622. The van der Waals surface area contributed by atoms with Gasteiger partial charge in [-0.25, -0.2) is 4.79 Å². The first-order valence-electron chi connectivity index (χ1n) is 8.74. The lowest BCUT2D eigenvalue weighted by atomic mass is 9.74. The van der Waals surface area contributed by atoms with Gasteiger partial charge in [-0.3, -0.25) is 9.59 Å². The van der Waals surface area contributed by atoms with Crippen LogP contribution in [0.15, 0.2) is 0 Å². The van der Waals surface area contributed by atoms with Gasteiger partial charge in [0.1, 0.15) is 11.4 Å². The lowest BCUT2D eigenvalue weighted by Crippen LogP contribution is -2.49. The Labute approximate surface area is 145 Å². The van der Waals surface area contributed by atoms with Crippen molar-refractivity contribution in [3.05, 3.63) is 0 Å². The Balaban J connectivity index is 0.00000254. The van der Waals surface area contributed by atoms with Gasteiger partial charge in [0.15, 0.2) is 0 Å². The van der Waals surface area contributed by atoms with Gasteiger partial charge < -0.3 is 14.4 Å². The number of carbonyl (C=O) groups excluding carboxylic acids is 3. The molecule has 1 aliphatic heterocycles. The summed E-state index contributed by atoms with van der Waals surface area (Å²) >= 11 is 0. The fourth-order valence-electron chi connectivity index (χ4n) is 2.66. The highest BCUT2D eigenvalue weighted by atomic mass is 16.6. The third-order valence-electron chi connectivity index (χ3n) is 3.67. The Morgan fingerprint density at radius 1 is 1.08 bits per heavy atom. The van der Waals surface area contributed by atoms with E-state index >= 15 is 0 Å². The van der Waals surface area contributed by atoms with Crippen molar-refractivity contribution >= 4 is 17.8 Å². The van der Waals surface area contributed by atoms with Crippen molar-refractivity contribution in [2.75, 3.05) is 19.7 Å². The standard InChI is InChI=1S/C16H27NO5.C2H6/c1-6-21-13(19)16(11-12(2)18)7-9-17(10-8-16)14(20)22-15(3,4)5;1-2/h6-11H2,1-5H3;1-2H3. The molecule has 1 fully saturated rings. The summed E-state index contributed by atoms with van der Waals surface area (Å²) in [5.74, 6) is -0.382. The van der Waals surface area contributed by atoms with Gasteiger partial charge in [-0.15, -0.1) is 0 Å². The zero-order valence-corrected chi connectivity index (χ0v) is 16.2. The first kappa shape index (κ1) is 22.4. The third-order valence-corrected chi connectivity index (χ3v) is 3.67. The number of rotatable bonds is 4. The number of hydrogen-bond donors (Lipinski definition) is 0. The number of esters is 1. The van der Waals surface area contributed by atoms with Crippen molar-refractivity contribution in [2.24, 2.45) is 5.41 Å². The zero-order valence-electron chi connectivity index (χ0n) is 16.2. The molecular formula is C18H33NO5.